The molecule has 4 nitrogen and oxygen atoms in total. The van der Waals surface area contributed by atoms with Crippen LogP contribution in [0.1, 0.15) is 25.3 Å². The molecule has 5 heteroatoms. The minimum Gasteiger partial charge on any atom is -0.399 e. The summed E-state index contributed by atoms with van der Waals surface area (Å²) < 4.78 is 11.0. The maximum absolute atomic E-state index is 11.8. The highest BCUT2D eigenvalue weighted by molar-refractivity contribution is 7.84. The quantitative estimate of drug-likeness (QED) is 0.744. The standard InChI is InChI=1S/C14H22N2O2S/c1-11(9-10-19(2)18)16-14(17)8-7-12-5-3-4-6-13(12)15/h3-6,11H,7-10,15H2,1-2H3,(H,16,17). The van der Waals surface area contributed by atoms with E-state index in [9.17, 15) is 9.00 Å². The summed E-state index contributed by atoms with van der Waals surface area (Å²) in [5.41, 5.74) is 7.55. The number of rotatable bonds is 7. The predicted molar refractivity (Wildman–Crippen MR) is 80.3 cm³/mol. The number of nitrogens with one attached hydrogen (secondary N) is 1. The summed E-state index contributed by atoms with van der Waals surface area (Å²) in [6, 6.07) is 7.64. The normalized spacial score (nSPS) is 13.8. The van der Waals surface area contributed by atoms with E-state index in [1.165, 1.54) is 0 Å². The van der Waals surface area contributed by atoms with Gasteiger partial charge in [0.25, 0.3) is 0 Å². The van der Waals surface area contributed by atoms with Crippen LogP contribution < -0.4 is 11.1 Å². The number of hydrogen-bond acceptors (Lipinski definition) is 3. The molecule has 0 fully saturated rings. The van der Waals surface area contributed by atoms with Crippen molar-refractivity contribution in [2.24, 2.45) is 0 Å². The summed E-state index contributed by atoms with van der Waals surface area (Å²) in [5.74, 6) is 0.630. The van der Waals surface area contributed by atoms with Crippen molar-refractivity contribution in [3.05, 3.63) is 29.8 Å². The van der Waals surface area contributed by atoms with Crippen molar-refractivity contribution in [2.75, 3.05) is 17.7 Å². The molecule has 0 spiro atoms. The number of amides is 1. The Labute approximate surface area is 117 Å². The Morgan fingerprint density at radius 3 is 2.74 bits per heavy atom. The zero-order chi connectivity index (χ0) is 14.3. The second-order valence-corrected chi connectivity index (χ2v) is 6.29. The van der Waals surface area contributed by atoms with Gasteiger partial charge in [0.1, 0.15) is 0 Å². The molecular weight excluding hydrogens is 260 g/mol. The van der Waals surface area contributed by atoms with Crippen LogP contribution in [0.25, 0.3) is 0 Å². The molecule has 0 bridgehead atoms. The van der Waals surface area contributed by atoms with Gasteiger partial charge in [0.15, 0.2) is 0 Å². The van der Waals surface area contributed by atoms with E-state index in [1.54, 1.807) is 6.26 Å². The summed E-state index contributed by atoms with van der Waals surface area (Å²) in [4.78, 5) is 11.8. The Kier molecular flexibility index (Phi) is 6.56. The highest BCUT2D eigenvalue weighted by Gasteiger charge is 2.08. The average Bonchev–Trinajstić information content (AvgIpc) is 2.35. The third-order valence-corrected chi connectivity index (χ3v) is 3.73. The molecule has 0 aliphatic carbocycles. The van der Waals surface area contributed by atoms with E-state index in [-0.39, 0.29) is 11.9 Å². The highest BCUT2D eigenvalue weighted by atomic mass is 32.2. The lowest BCUT2D eigenvalue weighted by Crippen LogP contribution is -2.33. The van der Waals surface area contributed by atoms with Crippen molar-refractivity contribution < 1.29 is 9.00 Å². The molecule has 1 rings (SSSR count). The monoisotopic (exact) mass is 282 g/mol. The molecule has 0 radical (unpaired) electrons. The zero-order valence-corrected chi connectivity index (χ0v) is 12.3. The smallest absolute Gasteiger partial charge is 0.220 e. The number of carbonyl (C=O) groups excluding carboxylic acids is 1. The Bertz CT molecular complexity index is 449. The van der Waals surface area contributed by atoms with E-state index in [1.807, 2.05) is 31.2 Å². The Morgan fingerprint density at radius 1 is 1.42 bits per heavy atom. The van der Waals surface area contributed by atoms with Crippen molar-refractivity contribution >= 4 is 22.4 Å². The molecule has 0 aromatic heterocycles. The van der Waals surface area contributed by atoms with Gasteiger partial charge in [0.2, 0.25) is 5.91 Å². The fourth-order valence-corrected chi connectivity index (χ4v) is 2.46. The fourth-order valence-electron chi connectivity index (χ4n) is 1.77. The van der Waals surface area contributed by atoms with E-state index in [2.05, 4.69) is 5.32 Å². The largest absolute Gasteiger partial charge is 0.399 e. The van der Waals surface area contributed by atoms with Gasteiger partial charge in [-0.1, -0.05) is 18.2 Å². The van der Waals surface area contributed by atoms with Crippen LogP contribution in [0.4, 0.5) is 5.69 Å². The first-order chi connectivity index (χ1) is 8.99. The van der Waals surface area contributed by atoms with Crippen LogP contribution in [-0.4, -0.2) is 28.2 Å². The number of anilines is 1. The van der Waals surface area contributed by atoms with E-state index >= 15 is 0 Å². The third-order valence-electron chi connectivity index (χ3n) is 2.92. The Morgan fingerprint density at radius 2 is 2.11 bits per heavy atom. The summed E-state index contributed by atoms with van der Waals surface area (Å²) in [6.07, 6.45) is 3.48. The van der Waals surface area contributed by atoms with Gasteiger partial charge in [-0.05, 0) is 31.4 Å². The Hall–Kier alpha value is -1.36. The maximum Gasteiger partial charge on any atom is 0.220 e. The minimum absolute atomic E-state index is 0.0117. The molecule has 106 valence electrons. The van der Waals surface area contributed by atoms with E-state index in [4.69, 9.17) is 5.73 Å². The molecule has 3 N–H and O–H groups in total. The molecule has 2 unspecified atom stereocenters. The molecule has 0 heterocycles. The lowest BCUT2D eigenvalue weighted by molar-refractivity contribution is -0.121. The number of nitrogen functional groups attached to an aromatic ring is 1. The molecule has 1 amide bonds. The van der Waals surface area contributed by atoms with Gasteiger partial charge in [-0.25, -0.2) is 0 Å². The molecular formula is C14H22N2O2S. The second kappa shape index (κ2) is 7.94. The summed E-state index contributed by atoms with van der Waals surface area (Å²) in [7, 11) is -0.805. The van der Waals surface area contributed by atoms with E-state index < -0.39 is 10.8 Å². The van der Waals surface area contributed by atoms with Crippen molar-refractivity contribution in [3.63, 3.8) is 0 Å². The van der Waals surface area contributed by atoms with Crippen molar-refractivity contribution in [3.8, 4) is 0 Å². The van der Waals surface area contributed by atoms with E-state index in [0.29, 0.717) is 18.6 Å². The molecule has 1 aromatic carbocycles. The van der Waals surface area contributed by atoms with Crippen LogP contribution in [0.3, 0.4) is 0 Å². The predicted octanol–water partition coefficient (Wildman–Crippen LogP) is 1.47. The van der Waals surface area contributed by atoms with Gasteiger partial charge in [-0.2, -0.15) is 0 Å². The molecule has 0 saturated carbocycles. The molecule has 19 heavy (non-hydrogen) atoms. The number of benzene rings is 1. The molecule has 0 saturated heterocycles. The minimum atomic E-state index is -0.805. The van der Waals surface area contributed by atoms with Gasteiger partial charge >= 0.3 is 0 Å². The van der Waals surface area contributed by atoms with Crippen LogP contribution in [0, 0.1) is 0 Å². The topological polar surface area (TPSA) is 72.2 Å². The summed E-state index contributed by atoms with van der Waals surface area (Å²) >= 11 is 0. The van der Waals surface area contributed by atoms with Crippen LogP contribution in [0.2, 0.25) is 0 Å². The maximum atomic E-state index is 11.8. The van der Waals surface area contributed by atoms with Gasteiger partial charge in [0.05, 0.1) is 0 Å². The molecule has 0 aliphatic rings. The van der Waals surface area contributed by atoms with Gasteiger partial charge < -0.3 is 11.1 Å². The van der Waals surface area contributed by atoms with Crippen molar-refractivity contribution in [1.82, 2.24) is 5.32 Å². The second-order valence-electron chi connectivity index (χ2n) is 4.73. The highest BCUT2D eigenvalue weighted by Crippen LogP contribution is 2.12. The number of aryl methyl sites for hydroxylation is 1. The summed E-state index contributed by atoms with van der Waals surface area (Å²) in [5, 5.41) is 2.91. The zero-order valence-electron chi connectivity index (χ0n) is 11.5. The van der Waals surface area contributed by atoms with Gasteiger partial charge in [-0.3, -0.25) is 9.00 Å². The molecule has 2 atom stereocenters. The lowest BCUT2D eigenvalue weighted by atomic mass is 10.1. The van der Waals surface area contributed by atoms with E-state index in [0.717, 1.165) is 17.7 Å². The Balaban J connectivity index is 2.32. The number of nitrogens with two attached hydrogens (primary N) is 1. The van der Waals surface area contributed by atoms with Crippen molar-refractivity contribution in [2.45, 2.75) is 32.2 Å². The number of hydrogen-bond donors (Lipinski definition) is 2. The van der Waals surface area contributed by atoms with Gasteiger partial charge in [-0.15, -0.1) is 0 Å². The first kappa shape index (κ1) is 15.7. The van der Waals surface area contributed by atoms with Crippen LogP contribution in [-0.2, 0) is 22.0 Å². The molecule has 1 aromatic rings. The first-order valence-corrected chi connectivity index (χ1v) is 8.14. The summed E-state index contributed by atoms with van der Waals surface area (Å²) in [6.45, 7) is 1.93. The molecule has 0 aliphatic heterocycles. The van der Waals surface area contributed by atoms with Crippen LogP contribution in [0.5, 0.6) is 0 Å². The third kappa shape index (κ3) is 6.38. The van der Waals surface area contributed by atoms with Gasteiger partial charge in [0, 0.05) is 41.0 Å². The SMILES string of the molecule is CC(CCS(C)=O)NC(=O)CCc1ccccc1N. The average molecular weight is 282 g/mol. The fraction of sp³-hybridized carbons (Fsp3) is 0.500. The van der Waals surface area contributed by atoms with Crippen LogP contribution in [0.15, 0.2) is 24.3 Å². The van der Waals surface area contributed by atoms with Crippen LogP contribution >= 0.6 is 0 Å². The number of carbonyl (C=O) groups is 1. The number of para-hydroxylation sites is 1. The first-order valence-electron chi connectivity index (χ1n) is 6.42. The lowest BCUT2D eigenvalue weighted by Gasteiger charge is -2.13. The van der Waals surface area contributed by atoms with Crippen molar-refractivity contribution in [1.29, 1.82) is 0 Å².